The van der Waals surface area contributed by atoms with Crippen molar-refractivity contribution < 1.29 is 13.9 Å². The molecule has 0 bridgehead atoms. The van der Waals surface area contributed by atoms with Crippen LogP contribution >= 0.6 is 24.8 Å². The van der Waals surface area contributed by atoms with E-state index in [9.17, 15) is 13.9 Å². The van der Waals surface area contributed by atoms with E-state index in [1.165, 1.54) is 6.07 Å². The van der Waals surface area contributed by atoms with E-state index in [4.69, 9.17) is 0 Å². The maximum atomic E-state index is 13.4. The van der Waals surface area contributed by atoms with Crippen molar-refractivity contribution >= 4 is 24.8 Å². The molecule has 22 heavy (non-hydrogen) atoms. The highest BCUT2D eigenvalue weighted by atomic mass is 35.5. The van der Waals surface area contributed by atoms with E-state index in [2.05, 4.69) is 10.3 Å². The lowest BCUT2D eigenvalue weighted by Gasteiger charge is -2.30. The van der Waals surface area contributed by atoms with Gasteiger partial charge in [-0.3, -0.25) is 0 Å². The molecule has 0 unspecified atom stereocenters. The van der Waals surface area contributed by atoms with E-state index in [1.54, 1.807) is 12.4 Å². The zero-order valence-corrected chi connectivity index (χ0v) is 13.2. The molecule has 1 fully saturated rings. The van der Waals surface area contributed by atoms with Gasteiger partial charge in [0.15, 0.2) is 11.6 Å². The first-order valence-electron chi connectivity index (χ1n) is 6.54. The number of aromatic nitrogens is 2. The Bertz CT molecular complexity index is 624. The van der Waals surface area contributed by atoms with Crippen molar-refractivity contribution in [3.8, 4) is 11.4 Å². The SMILES string of the molecule is Cl.Cl.O[C@H]1CNCC[C@@H]1n1ccnc1-c1ccc(F)c(F)c1. The van der Waals surface area contributed by atoms with Crippen molar-refractivity contribution in [2.24, 2.45) is 0 Å². The average Bonchev–Trinajstić information content (AvgIpc) is 2.91. The second-order valence-corrected chi connectivity index (χ2v) is 4.91. The van der Waals surface area contributed by atoms with Gasteiger partial charge in [0.1, 0.15) is 5.82 Å². The van der Waals surface area contributed by atoms with E-state index < -0.39 is 17.7 Å². The van der Waals surface area contributed by atoms with Gasteiger partial charge in [-0.1, -0.05) is 0 Å². The summed E-state index contributed by atoms with van der Waals surface area (Å²) in [4.78, 5) is 4.21. The smallest absolute Gasteiger partial charge is 0.159 e. The highest BCUT2D eigenvalue weighted by Crippen LogP contribution is 2.27. The monoisotopic (exact) mass is 351 g/mol. The highest BCUT2D eigenvalue weighted by molar-refractivity contribution is 5.85. The van der Waals surface area contributed by atoms with Crippen LogP contribution in [0.1, 0.15) is 12.5 Å². The summed E-state index contributed by atoms with van der Waals surface area (Å²) in [5, 5.41) is 13.2. The van der Waals surface area contributed by atoms with Crippen LogP contribution in [0.4, 0.5) is 8.78 Å². The number of piperidine rings is 1. The summed E-state index contributed by atoms with van der Waals surface area (Å²) in [6.07, 6.45) is 3.59. The predicted octanol–water partition coefficient (Wildman–Crippen LogP) is 2.57. The maximum absolute atomic E-state index is 13.4. The van der Waals surface area contributed by atoms with E-state index in [0.717, 1.165) is 25.1 Å². The van der Waals surface area contributed by atoms with Crippen LogP contribution in [0.3, 0.4) is 0 Å². The zero-order valence-electron chi connectivity index (χ0n) is 11.6. The second-order valence-electron chi connectivity index (χ2n) is 4.91. The molecule has 1 saturated heterocycles. The van der Waals surface area contributed by atoms with Crippen molar-refractivity contribution in [2.75, 3.05) is 13.1 Å². The quantitative estimate of drug-likeness (QED) is 0.874. The van der Waals surface area contributed by atoms with Gasteiger partial charge in [0.05, 0.1) is 12.1 Å². The number of halogens is 4. The Morgan fingerprint density at radius 3 is 2.68 bits per heavy atom. The minimum Gasteiger partial charge on any atom is -0.390 e. The van der Waals surface area contributed by atoms with Crippen LogP contribution in [0.15, 0.2) is 30.6 Å². The van der Waals surface area contributed by atoms with Gasteiger partial charge in [0.25, 0.3) is 0 Å². The molecule has 2 atom stereocenters. The fourth-order valence-corrected chi connectivity index (χ4v) is 2.59. The van der Waals surface area contributed by atoms with Crippen LogP contribution in [-0.4, -0.2) is 33.9 Å². The van der Waals surface area contributed by atoms with Gasteiger partial charge in [0.2, 0.25) is 0 Å². The molecule has 1 aliphatic heterocycles. The Morgan fingerprint density at radius 2 is 2.00 bits per heavy atom. The standard InChI is InChI=1S/C14H15F2N3O.2ClH/c15-10-2-1-9(7-11(10)16)14-18-5-6-19(14)12-3-4-17-8-13(12)20;;/h1-2,5-7,12-13,17,20H,3-4,8H2;2*1H/t12-,13-;;/m0../s1. The minimum absolute atomic E-state index is 0. The number of aliphatic hydroxyl groups excluding tert-OH is 1. The fraction of sp³-hybridized carbons (Fsp3) is 0.357. The van der Waals surface area contributed by atoms with Gasteiger partial charge in [0, 0.05) is 24.5 Å². The number of nitrogens with one attached hydrogen (secondary N) is 1. The highest BCUT2D eigenvalue weighted by Gasteiger charge is 2.26. The number of aliphatic hydroxyl groups is 1. The summed E-state index contributed by atoms with van der Waals surface area (Å²) in [7, 11) is 0. The Kier molecular flexibility index (Phi) is 6.74. The normalized spacial score (nSPS) is 20.9. The van der Waals surface area contributed by atoms with E-state index >= 15 is 0 Å². The molecule has 0 saturated carbocycles. The third kappa shape index (κ3) is 3.57. The van der Waals surface area contributed by atoms with Crippen molar-refractivity contribution in [1.82, 2.24) is 14.9 Å². The van der Waals surface area contributed by atoms with Crippen LogP contribution in [0.5, 0.6) is 0 Å². The van der Waals surface area contributed by atoms with Crippen LogP contribution in [-0.2, 0) is 0 Å². The molecular formula is C14H17Cl2F2N3O. The molecule has 0 aliphatic carbocycles. The van der Waals surface area contributed by atoms with E-state index in [0.29, 0.717) is 17.9 Å². The molecule has 3 rings (SSSR count). The second kappa shape index (κ2) is 7.87. The largest absolute Gasteiger partial charge is 0.390 e. The summed E-state index contributed by atoms with van der Waals surface area (Å²) in [6.45, 7) is 1.32. The molecule has 4 nitrogen and oxygen atoms in total. The number of nitrogens with zero attached hydrogens (tertiary/aromatic N) is 2. The Balaban J connectivity index is 0.00000121. The molecule has 2 aromatic rings. The molecule has 2 heterocycles. The lowest BCUT2D eigenvalue weighted by molar-refractivity contribution is 0.0880. The van der Waals surface area contributed by atoms with Crippen molar-refractivity contribution in [3.63, 3.8) is 0 Å². The van der Waals surface area contributed by atoms with Crippen molar-refractivity contribution in [2.45, 2.75) is 18.6 Å². The summed E-state index contributed by atoms with van der Waals surface area (Å²) in [5.41, 5.74) is 0.500. The first-order valence-corrected chi connectivity index (χ1v) is 6.54. The number of imidazole rings is 1. The molecule has 122 valence electrons. The lowest BCUT2D eigenvalue weighted by Crippen LogP contribution is -2.41. The maximum Gasteiger partial charge on any atom is 0.159 e. The minimum atomic E-state index is -0.900. The van der Waals surface area contributed by atoms with Crippen molar-refractivity contribution in [1.29, 1.82) is 0 Å². The third-order valence-corrected chi connectivity index (χ3v) is 3.62. The third-order valence-electron chi connectivity index (χ3n) is 3.62. The summed E-state index contributed by atoms with van der Waals surface area (Å²) in [5.74, 6) is -1.24. The Labute approximate surface area is 139 Å². The molecule has 1 aromatic heterocycles. The van der Waals surface area contributed by atoms with Crippen LogP contribution < -0.4 is 5.32 Å². The lowest BCUT2D eigenvalue weighted by atomic mass is 10.0. The van der Waals surface area contributed by atoms with Gasteiger partial charge in [-0.15, -0.1) is 24.8 Å². The van der Waals surface area contributed by atoms with Gasteiger partial charge < -0.3 is 15.0 Å². The number of benzene rings is 1. The van der Waals surface area contributed by atoms with Crippen molar-refractivity contribution in [3.05, 3.63) is 42.2 Å². The Morgan fingerprint density at radius 1 is 1.23 bits per heavy atom. The molecule has 1 aromatic carbocycles. The van der Waals surface area contributed by atoms with E-state index in [-0.39, 0.29) is 30.9 Å². The topological polar surface area (TPSA) is 50.1 Å². The molecule has 2 N–H and O–H groups in total. The fourth-order valence-electron chi connectivity index (χ4n) is 2.59. The molecule has 8 heteroatoms. The van der Waals surface area contributed by atoms with Gasteiger partial charge in [-0.25, -0.2) is 13.8 Å². The summed E-state index contributed by atoms with van der Waals surface area (Å²) in [6, 6.07) is 3.59. The van der Waals surface area contributed by atoms with Crippen LogP contribution in [0.2, 0.25) is 0 Å². The first kappa shape index (κ1) is 18.8. The molecule has 0 spiro atoms. The molecule has 0 radical (unpaired) electrons. The molecule has 1 aliphatic rings. The average molecular weight is 352 g/mol. The number of rotatable bonds is 2. The molecule has 0 amide bonds. The van der Waals surface area contributed by atoms with Crippen LogP contribution in [0, 0.1) is 11.6 Å². The number of hydrogen-bond acceptors (Lipinski definition) is 3. The molecular weight excluding hydrogens is 335 g/mol. The predicted molar refractivity (Wildman–Crippen MR) is 84.6 cm³/mol. The van der Waals surface area contributed by atoms with Gasteiger partial charge in [-0.2, -0.15) is 0 Å². The number of β-amino-alcohol motifs (C(OH)–C–C–N with tert-alkyl or cyclic N) is 1. The summed E-state index contributed by atoms with van der Waals surface area (Å²) >= 11 is 0. The van der Waals surface area contributed by atoms with Crippen LogP contribution in [0.25, 0.3) is 11.4 Å². The van der Waals surface area contributed by atoms with Gasteiger partial charge >= 0.3 is 0 Å². The first-order chi connectivity index (χ1) is 9.66. The Hall–Kier alpha value is -1.21. The summed E-state index contributed by atoms with van der Waals surface area (Å²) < 4.78 is 28.2. The zero-order chi connectivity index (χ0) is 14.1. The van der Waals surface area contributed by atoms with E-state index in [1.807, 2.05) is 4.57 Å². The van der Waals surface area contributed by atoms with Gasteiger partial charge in [-0.05, 0) is 31.2 Å². The number of hydrogen-bond donors (Lipinski definition) is 2.